The van der Waals surface area contributed by atoms with Crippen LogP contribution >= 0.6 is 0 Å². The average Bonchev–Trinajstić information content (AvgIpc) is 3.09. The maximum absolute atomic E-state index is 4.13. The minimum absolute atomic E-state index is 0.961. The summed E-state index contributed by atoms with van der Waals surface area (Å²) in [6.45, 7) is 0. The molecule has 2 aromatic carbocycles. The van der Waals surface area contributed by atoms with Crippen LogP contribution in [0.5, 0.6) is 0 Å². The molecule has 0 saturated carbocycles. The molecule has 0 aliphatic heterocycles. The lowest BCUT2D eigenvalue weighted by Crippen LogP contribution is -1.83. The number of nitrogens with zero attached hydrogens (tertiary/aromatic N) is 1. The SMILES string of the molecule is c1ccc(-c2[nH]c3[nH]ncc3c2-c2ccccc2)cc1. The smallest absolute Gasteiger partial charge is 0.134 e. The van der Waals surface area contributed by atoms with Gasteiger partial charge < -0.3 is 4.98 Å². The Morgan fingerprint density at radius 2 is 1.40 bits per heavy atom. The molecular weight excluding hydrogens is 246 g/mol. The first-order valence-corrected chi connectivity index (χ1v) is 6.59. The third-order valence-corrected chi connectivity index (χ3v) is 3.53. The van der Waals surface area contributed by atoms with Crippen LogP contribution in [0.25, 0.3) is 33.4 Å². The molecule has 0 saturated heterocycles. The van der Waals surface area contributed by atoms with E-state index < -0.39 is 0 Å². The van der Waals surface area contributed by atoms with Crippen LogP contribution in [0, 0.1) is 0 Å². The molecule has 3 heteroatoms. The Morgan fingerprint density at radius 3 is 2.10 bits per heavy atom. The molecule has 0 atom stereocenters. The lowest BCUT2D eigenvalue weighted by Gasteiger charge is -2.05. The van der Waals surface area contributed by atoms with E-state index in [9.17, 15) is 0 Å². The second-order valence-electron chi connectivity index (χ2n) is 4.77. The predicted octanol–water partition coefficient (Wildman–Crippen LogP) is 4.23. The van der Waals surface area contributed by atoms with Gasteiger partial charge in [0.1, 0.15) is 5.65 Å². The summed E-state index contributed by atoms with van der Waals surface area (Å²) in [5.74, 6) is 0. The van der Waals surface area contributed by atoms with Gasteiger partial charge in [-0.05, 0) is 11.1 Å². The first-order chi connectivity index (χ1) is 9.93. The van der Waals surface area contributed by atoms with Crippen LogP contribution < -0.4 is 0 Å². The highest BCUT2D eigenvalue weighted by Gasteiger charge is 2.15. The molecule has 0 aliphatic rings. The summed E-state index contributed by atoms with van der Waals surface area (Å²) in [7, 11) is 0. The molecule has 4 aromatic rings. The molecule has 96 valence electrons. The van der Waals surface area contributed by atoms with Gasteiger partial charge in [-0.2, -0.15) is 5.10 Å². The summed E-state index contributed by atoms with van der Waals surface area (Å²) in [6.07, 6.45) is 1.88. The standard InChI is InChI=1S/C17H13N3/c1-3-7-12(8-4-1)15-14-11-18-20-17(14)19-16(15)13-9-5-2-6-10-13/h1-11H,(H2,18,19,20). The van der Waals surface area contributed by atoms with E-state index in [0.717, 1.165) is 16.7 Å². The van der Waals surface area contributed by atoms with E-state index >= 15 is 0 Å². The molecular formula is C17H13N3. The quantitative estimate of drug-likeness (QED) is 0.556. The summed E-state index contributed by atoms with van der Waals surface area (Å²) in [6, 6.07) is 20.8. The van der Waals surface area contributed by atoms with Crippen molar-refractivity contribution < 1.29 is 0 Å². The van der Waals surface area contributed by atoms with Gasteiger partial charge in [-0.15, -0.1) is 0 Å². The van der Waals surface area contributed by atoms with Crippen molar-refractivity contribution in [2.75, 3.05) is 0 Å². The van der Waals surface area contributed by atoms with Crippen molar-refractivity contribution in [3.63, 3.8) is 0 Å². The second kappa shape index (κ2) is 4.38. The van der Waals surface area contributed by atoms with Crippen molar-refractivity contribution in [3.8, 4) is 22.4 Å². The van der Waals surface area contributed by atoms with Crippen molar-refractivity contribution >= 4 is 11.0 Å². The summed E-state index contributed by atoms with van der Waals surface area (Å²) in [5, 5.41) is 8.26. The predicted molar refractivity (Wildman–Crippen MR) is 81.3 cm³/mol. The third kappa shape index (κ3) is 1.64. The number of fused-ring (bicyclic) bond motifs is 1. The number of H-pyrrole nitrogens is 2. The molecule has 2 heterocycles. The molecule has 2 N–H and O–H groups in total. The highest BCUT2D eigenvalue weighted by molar-refractivity contribution is 6.02. The third-order valence-electron chi connectivity index (χ3n) is 3.53. The van der Waals surface area contributed by atoms with Crippen LogP contribution in [0.15, 0.2) is 66.9 Å². The molecule has 0 spiro atoms. The molecule has 20 heavy (non-hydrogen) atoms. The largest absolute Gasteiger partial charge is 0.339 e. The van der Waals surface area contributed by atoms with Crippen LogP contribution in [0.3, 0.4) is 0 Å². The van der Waals surface area contributed by atoms with E-state index in [4.69, 9.17) is 0 Å². The minimum Gasteiger partial charge on any atom is -0.339 e. The van der Waals surface area contributed by atoms with Gasteiger partial charge in [-0.25, -0.2) is 0 Å². The Morgan fingerprint density at radius 1 is 0.750 bits per heavy atom. The van der Waals surface area contributed by atoms with E-state index in [2.05, 4.69) is 63.7 Å². The first kappa shape index (κ1) is 11.1. The van der Waals surface area contributed by atoms with Crippen LogP contribution in [-0.2, 0) is 0 Å². The van der Waals surface area contributed by atoms with Gasteiger partial charge in [0.2, 0.25) is 0 Å². The van der Waals surface area contributed by atoms with E-state index in [-0.39, 0.29) is 0 Å². The van der Waals surface area contributed by atoms with Gasteiger partial charge in [-0.1, -0.05) is 60.7 Å². The molecule has 0 aliphatic carbocycles. The van der Waals surface area contributed by atoms with Gasteiger partial charge in [-0.3, -0.25) is 5.10 Å². The Hall–Kier alpha value is -2.81. The Balaban J connectivity index is 2.05. The highest BCUT2D eigenvalue weighted by Crippen LogP contribution is 2.37. The average molecular weight is 259 g/mol. The van der Waals surface area contributed by atoms with Crippen LogP contribution in [0.4, 0.5) is 0 Å². The number of rotatable bonds is 2. The monoisotopic (exact) mass is 259 g/mol. The lowest BCUT2D eigenvalue weighted by molar-refractivity contribution is 1.10. The molecule has 2 aromatic heterocycles. The van der Waals surface area contributed by atoms with Gasteiger partial charge >= 0.3 is 0 Å². The van der Waals surface area contributed by atoms with Crippen molar-refractivity contribution in [2.45, 2.75) is 0 Å². The van der Waals surface area contributed by atoms with Crippen molar-refractivity contribution in [1.82, 2.24) is 15.2 Å². The van der Waals surface area contributed by atoms with E-state index in [1.165, 1.54) is 16.7 Å². The maximum atomic E-state index is 4.13. The summed E-state index contributed by atoms with van der Waals surface area (Å²) >= 11 is 0. The maximum Gasteiger partial charge on any atom is 0.134 e. The Bertz CT molecular complexity index is 842. The zero-order valence-corrected chi connectivity index (χ0v) is 10.8. The fourth-order valence-electron chi connectivity index (χ4n) is 2.62. The van der Waals surface area contributed by atoms with Crippen LogP contribution in [0.2, 0.25) is 0 Å². The zero-order chi connectivity index (χ0) is 13.4. The van der Waals surface area contributed by atoms with Gasteiger partial charge in [0.05, 0.1) is 11.9 Å². The molecule has 0 unspecified atom stereocenters. The highest BCUT2D eigenvalue weighted by atomic mass is 15.1. The number of benzene rings is 2. The second-order valence-corrected chi connectivity index (χ2v) is 4.77. The number of hydrogen-bond acceptors (Lipinski definition) is 1. The number of hydrogen-bond donors (Lipinski definition) is 2. The van der Waals surface area contributed by atoms with Crippen molar-refractivity contribution in [2.24, 2.45) is 0 Å². The molecule has 0 radical (unpaired) electrons. The molecule has 0 bridgehead atoms. The lowest BCUT2D eigenvalue weighted by atomic mass is 10.00. The van der Waals surface area contributed by atoms with Crippen molar-refractivity contribution in [1.29, 1.82) is 0 Å². The zero-order valence-electron chi connectivity index (χ0n) is 10.8. The number of nitrogens with one attached hydrogen (secondary N) is 2. The van der Waals surface area contributed by atoms with Gasteiger partial charge in [0, 0.05) is 10.9 Å². The van der Waals surface area contributed by atoms with E-state index in [0.29, 0.717) is 0 Å². The summed E-state index contributed by atoms with van der Waals surface area (Å²) in [4.78, 5) is 3.44. The fourth-order valence-corrected chi connectivity index (χ4v) is 2.62. The summed E-state index contributed by atoms with van der Waals surface area (Å²) in [5.41, 5.74) is 5.65. The van der Waals surface area contributed by atoms with Gasteiger partial charge in [0.25, 0.3) is 0 Å². The number of aromatic nitrogens is 3. The Labute approximate surface area is 116 Å². The number of aromatic amines is 2. The van der Waals surface area contributed by atoms with E-state index in [1.54, 1.807) is 0 Å². The van der Waals surface area contributed by atoms with Crippen molar-refractivity contribution in [3.05, 3.63) is 66.9 Å². The van der Waals surface area contributed by atoms with E-state index in [1.807, 2.05) is 18.3 Å². The molecule has 4 rings (SSSR count). The Kier molecular flexibility index (Phi) is 2.42. The van der Waals surface area contributed by atoms with Gasteiger partial charge in [0.15, 0.2) is 0 Å². The molecule has 0 amide bonds. The fraction of sp³-hybridized carbons (Fsp3) is 0. The topological polar surface area (TPSA) is 44.5 Å². The molecule has 0 fully saturated rings. The van der Waals surface area contributed by atoms with Crippen LogP contribution in [0.1, 0.15) is 0 Å². The summed E-state index contributed by atoms with van der Waals surface area (Å²) < 4.78 is 0. The normalized spacial score (nSPS) is 11.0. The van der Waals surface area contributed by atoms with Crippen LogP contribution in [-0.4, -0.2) is 15.2 Å². The molecule has 3 nitrogen and oxygen atoms in total. The first-order valence-electron chi connectivity index (χ1n) is 6.59. The minimum atomic E-state index is 0.961.